The van der Waals surface area contributed by atoms with Crippen LogP contribution in [0.3, 0.4) is 0 Å². The van der Waals surface area contributed by atoms with Gasteiger partial charge in [-0.1, -0.05) is 58.0 Å². The number of aliphatic hydroxyl groups excluding tert-OH is 1. The summed E-state index contributed by atoms with van der Waals surface area (Å²) in [6.45, 7) is 9.56. The van der Waals surface area contributed by atoms with Crippen molar-refractivity contribution in [3.05, 3.63) is 70.2 Å². The summed E-state index contributed by atoms with van der Waals surface area (Å²) in [4.78, 5) is 35.4. The van der Waals surface area contributed by atoms with E-state index in [0.717, 1.165) is 26.6 Å². The lowest BCUT2D eigenvalue weighted by Gasteiger charge is -2.49. The van der Waals surface area contributed by atoms with E-state index in [1.807, 2.05) is 56.5 Å². The number of aromatic nitrogens is 1. The van der Waals surface area contributed by atoms with Crippen LogP contribution >= 0.6 is 11.3 Å². The van der Waals surface area contributed by atoms with Crippen molar-refractivity contribution in [2.24, 2.45) is 23.5 Å². The number of aryl methyl sites for hydroxylation is 1. The van der Waals surface area contributed by atoms with Gasteiger partial charge in [0.05, 0.1) is 33.9 Å². The van der Waals surface area contributed by atoms with Crippen LogP contribution in [0.1, 0.15) is 44.0 Å². The number of primary amides is 1. The summed E-state index contributed by atoms with van der Waals surface area (Å²) in [6.07, 6.45) is -1.31. The van der Waals surface area contributed by atoms with Crippen molar-refractivity contribution < 1.29 is 28.2 Å². The molecule has 2 heterocycles. The second kappa shape index (κ2) is 14.6. The minimum atomic E-state index is -4.25. The summed E-state index contributed by atoms with van der Waals surface area (Å²) in [5.41, 5.74) is 11.9. The third kappa shape index (κ3) is 7.56. The van der Waals surface area contributed by atoms with Crippen LogP contribution in [-0.2, 0) is 27.8 Å². The molecule has 0 aliphatic carbocycles. The smallest absolute Gasteiger partial charge is 0.321 e. The van der Waals surface area contributed by atoms with Crippen molar-refractivity contribution >= 4 is 39.0 Å². The molecule has 3 atom stereocenters. The summed E-state index contributed by atoms with van der Waals surface area (Å²) in [6, 6.07) is 12.5. The quantitative estimate of drug-likeness (QED) is 0.139. The highest BCUT2D eigenvalue weighted by Gasteiger charge is 2.58. The number of thiazole rings is 1. The van der Waals surface area contributed by atoms with Gasteiger partial charge in [-0.15, -0.1) is 11.3 Å². The predicted molar refractivity (Wildman–Crippen MR) is 182 cm³/mol. The van der Waals surface area contributed by atoms with Crippen LogP contribution in [0.25, 0.3) is 0 Å². The van der Waals surface area contributed by atoms with Crippen LogP contribution in [-0.4, -0.2) is 87.5 Å². The Morgan fingerprint density at radius 2 is 1.79 bits per heavy atom. The first-order valence-corrected chi connectivity index (χ1v) is 18.0. The number of nitrogen functional groups attached to an aromatic ring is 1. The van der Waals surface area contributed by atoms with Gasteiger partial charge in [-0.05, 0) is 42.9 Å². The number of amides is 3. The van der Waals surface area contributed by atoms with Gasteiger partial charge in [-0.25, -0.2) is 18.2 Å². The maximum Gasteiger partial charge on any atom is 0.321 e. The Balaban J connectivity index is 1.79. The van der Waals surface area contributed by atoms with E-state index in [-0.39, 0.29) is 48.3 Å². The minimum Gasteiger partial charge on any atom is -0.506 e. The van der Waals surface area contributed by atoms with Gasteiger partial charge in [-0.2, -0.15) is 4.31 Å². The molecule has 0 bridgehead atoms. The molecule has 1 saturated heterocycles. The maximum absolute atomic E-state index is 14.1. The molecule has 0 saturated carbocycles. The topological polar surface area (TPSA) is 183 Å². The molecule has 14 heteroatoms. The number of benzene rings is 2. The predicted octanol–water partition coefficient (Wildman–Crippen LogP) is 3.42. The first-order chi connectivity index (χ1) is 22.1. The molecule has 4 rings (SSSR count). The molecule has 0 radical (unpaired) electrons. The van der Waals surface area contributed by atoms with Crippen LogP contribution < -0.4 is 11.5 Å². The molecular formula is C33H46N6O6S2. The molecule has 3 amide bonds. The monoisotopic (exact) mass is 686 g/mol. The Kier molecular flexibility index (Phi) is 11.2. The zero-order valence-electron chi connectivity index (χ0n) is 27.5. The van der Waals surface area contributed by atoms with Gasteiger partial charge in [0, 0.05) is 43.5 Å². The second-order valence-corrected chi connectivity index (χ2v) is 15.9. The average Bonchev–Trinajstić information content (AvgIpc) is 3.58. The van der Waals surface area contributed by atoms with Gasteiger partial charge in [0.25, 0.3) is 0 Å². The fraction of sp³-hybridized carbons (Fsp3) is 0.485. The van der Waals surface area contributed by atoms with Gasteiger partial charge >= 0.3 is 6.03 Å². The van der Waals surface area contributed by atoms with Crippen LogP contribution in [0.2, 0.25) is 0 Å². The number of carbonyl (C=O) groups excluding carboxylic acids is 2. The van der Waals surface area contributed by atoms with Crippen LogP contribution in [0.15, 0.2) is 58.8 Å². The van der Waals surface area contributed by atoms with Crippen molar-refractivity contribution in [1.82, 2.24) is 19.1 Å². The number of nitrogens with zero attached hydrogens (tertiary/aromatic N) is 4. The summed E-state index contributed by atoms with van der Waals surface area (Å²) in [5.74, 6) is -2.86. The molecule has 1 aliphatic heterocycles. The summed E-state index contributed by atoms with van der Waals surface area (Å²) in [5, 5.41) is 25.2. The number of aliphatic hydroxyl groups is 1. The lowest BCUT2D eigenvalue weighted by molar-refractivity contribution is -0.140. The molecule has 1 aliphatic rings. The van der Waals surface area contributed by atoms with Gasteiger partial charge in [0.2, 0.25) is 15.9 Å². The van der Waals surface area contributed by atoms with Crippen molar-refractivity contribution in [1.29, 1.82) is 0 Å². The van der Waals surface area contributed by atoms with Crippen molar-refractivity contribution in [3.63, 3.8) is 0 Å². The van der Waals surface area contributed by atoms with Crippen molar-refractivity contribution in [2.75, 3.05) is 31.9 Å². The van der Waals surface area contributed by atoms with E-state index in [0.29, 0.717) is 6.54 Å². The number of phenolic OH excluding ortho intramolecular Hbond substituents is 1. The van der Waals surface area contributed by atoms with Crippen molar-refractivity contribution in [2.45, 2.75) is 64.1 Å². The Hall–Kier alpha value is -3.72. The van der Waals surface area contributed by atoms with E-state index in [9.17, 15) is 28.2 Å². The molecule has 47 heavy (non-hydrogen) atoms. The SMILES string of the molecule is Cc1nc(CN2CCN(C(C(N)=O)(C(C)C)[C@H](Cc3ccccc3)[C@@H](O)CN(CC(C)C)S(=O)(=O)c3ccc(N)c(O)c3)C2=O)cs1. The van der Waals surface area contributed by atoms with Crippen LogP contribution in [0, 0.1) is 24.7 Å². The zero-order valence-corrected chi connectivity index (χ0v) is 29.2. The second-order valence-electron chi connectivity index (χ2n) is 12.9. The molecule has 256 valence electrons. The highest BCUT2D eigenvalue weighted by Crippen LogP contribution is 2.40. The summed E-state index contributed by atoms with van der Waals surface area (Å²) >= 11 is 1.48. The number of sulfonamides is 1. The van der Waals surface area contributed by atoms with E-state index in [4.69, 9.17) is 11.5 Å². The third-order valence-corrected chi connectivity index (χ3v) is 11.4. The number of phenols is 1. The molecule has 3 aromatic rings. The van der Waals surface area contributed by atoms with Crippen LogP contribution in [0.5, 0.6) is 5.75 Å². The maximum atomic E-state index is 14.1. The molecule has 1 unspecified atom stereocenters. The number of rotatable bonds is 15. The number of hydrogen-bond donors (Lipinski definition) is 4. The van der Waals surface area contributed by atoms with E-state index in [2.05, 4.69) is 4.98 Å². The van der Waals surface area contributed by atoms with E-state index in [1.54, 1.807) is 18.7 Å². The van der Waals surface area contributed by atoms with Crippen molar-refractivity contribution in [3.8, 4) is 5.75 Å². The highest BCUT2D eigenvalue weighted by molar-refractivity contribution is 7.89. The Morgan fingerprint density at radius 1 is 1.11 bits per heavy atom. The summed E-state index contributed by atoms with van der Waals surface area (Å²) < 4.78 is 29.1. The van der Waals surface area contributed by atoms with E-state index >= 15 is 0 Å². The lowest BCUT2D eigenvalue weighted by Crippen LogP contribution is -2.69. The Morgan fingerprint density at radius 3 is 2.34 bits per heavy atom. The molecule has 12 nitrogen and oxygen atoms in total. The first kappa shape index (κ1) is 36.1. The number of carbonyl (C=O) groups is 2. The third-order valence-electron chi connectivity index (χ3n) is 8.76. The van der Waals surface area contributed by atoms with Gasteiger partial charge < -0.3 is 31.5 Å². The van der Waals surface area contributed by atoms with E-state index < -0.39 is 52.0 Å². The largest absolute Gasteiger partial charge is 0.506 e. The van der Waals surface area contributed by atoms with Gasteiger partial charge in [0.15, 0.2) is 0 Å². The first-order valence-electron chi connectivity index (χ1n) is 15.7. The molecule has 2 aromatic carbocycles. The number of nitrogens with two attached hydrogens (primary N) is 2. The fourth-order valence-corrected chi connectivity index (χ4v) is 8.84. The number of hydrogen-bond acceptors (Lipinski definition) is 9. The molecule has 6 N–H and O–H groups in total. The zero-order chi connectivity index (χ0) is 34.7. The van der Waals surface area contributed by atoms with E-state index in [1.165, 1.54) is 28.4 Å². The standard InChI is InChI=1S/C33H46N6O6S2/c1-21(2)17-38(47(44,45)26-11-12-28(34)29(40)16-26)19-30(41)27(15-24-9-7-6-8-10-24)33(22(3)4,31(35)42)39-14-13-37(32(39)43)18-25-20-46-23(5)36-25/h6-12,16,20-22,27,30,40-41H,13-15,17-19,34H2,1-5H3,(H2,35,42)/t27-,30+,33?/m1/s1. The Labute approximate surface area is 281 Å². The lowest BCUT2D eigenvalue weighted by atomic mass is 9.68. The number of anilines is 1. The number of urea groups is 1. The fourth-order valence-electron chi connectivity index (χ4n) is 6.59. The normalized spacial score (nSPS) is 16.7. The summed E-state index contributed by atoms with van der Waals surface area (Å²) in [7, 11) is -4.25. The number of aromatic hydroxyl groups is 1. The molecular weight excluding hydrogens is 641 g/mol. The average molecular weight is 687 g/mol. The highest BCUT2D eigenvalue weighted by atomic mass is 32.2. The van der Waals surface area contributed by atoms with Gasteiger partial charge in [-0.3, -0.25) is 4.79 Å². The minimum absolute atomic E-state index is 0.0275. The Bertz CT molecular complexity index is 1660. The molecule has 1 fully saturated rings. The van der Waals surface area contributed by atoms with Gasteiger partial charge in [0.1, 0.15) is 11.3 Å². The molecule has 0 spiro atoms. The molecule has 1 aromatic heterocycles. The van der Waals surface area contributed by atoms with Crippen LogP contribution in [0.4, 0.5) is 10.5 Å².